The second-order valence-corrected chi connectivity index (χ2v) is 6.42. The molecule has 0 saturated carbocycles. The van der Waals surface area contributed by atoms with Gasteiger partial charge in [-0.25, -0.2) is 8.78 Å². The minimum Gasteiger partial charge on any atom is -0.452 e. The Morgan fingerprint density at radius 3 is 1.84 bits per heavy atom. The zero-order valence-electron chi connectivity index (χ0n) is 13.4. The highest BCUT2D eigenvalue weighted by Gasteiger charge is 2.20. The van der Waals surface area contributed by atoms with Crippen molar-refractivity contribution in [1.82, 2.24) is 0 Å². The average Bonchev–Trinajstić information content (AvgIpc) is 2.58. The molecule has 1 atom stereocenters. The van der Waals surface area contributed by atoms with Gasteiger partial charge in [-0.2, -0.15) is 0 Å². The van der Waals surface area contributed by atoms with Gasteiger partial charge in [-0.15, -0.1) is 11.8 Å². The van der Waals surface area contributed by atoms with Crippen LogP contribution in [0.2, 0.25) is 0 Å². The van der Waals surface area contributed by atoms with Crippen LogP contribution in [0.3, 0.4) is 0 Å². The number of hydrogen-bond donors (Lipinski definition) is 1. The van der Waals surface area contributed by atoms with Gasteiger partial charge >= 0.3 is 5.97 Å². The first-order chi connectivity index (χ1) is 11.9. The molecule has 2 aromatic carbocycles. The number of primary amides is 1. The molecule has 2 N–H and O–H groups in total. The lowest BCUT2D eigenvalue weighted by atomic mass is 10.0. The highest BCUT2D eigenvalue weighted by Crippen LogP contribution is 2.35. The van der Waals surface area contributed by atoms with Crippen LogP contribution in [-0.2, 0) is 14.3 Å². The molecule has 0 unspecified atom stereocenters. The number of thioether (sulfide) groups is 1. The summed E-state index contributed by atoms with van der Waals surface area (Å²) >= 11 is 1.23. The number of nitrogens with two attached hydrogens (primary N) is 1. The summed E-state index contributed by atoms with van der Waals surface area (Å²) in [6, 6.07) is 11.7. The van der Waals surface area contributed by atoms with Crippen LogP contribution in [0.1, 0.15) is 23.3 Å². The molecule has 0 heterocycles. The largest absolute Gasteiger partial charge is 0.452 e. The Hall–Kier alpha value is -2.41. The van der Waals surface area contributed by atoms with Gasteiger partial charge in [0.15, 0.2) is 6.10 Å². The summed E-state index contributed by atoms with van der Waals surface area (Å²) < 4.78 is 31.2. The van der Waals surface area contributed by atoms with Crippen molar-refractivity contribution in [2.75, 3.05) is 5.75 Å². The number of hydrogen-bond acceptors (Lipinski definition) is 4. The van der Waals surface area contributed by atoms with Crippen LogP contribution in [0.4, 0.5) is 8.78 Å². The lowest BCUT2D eigenvalue weighted by Crippen LogP contribution is -2.31. The van der Waals surface area contributed by atoms with E-state index in [1.807, 2.05) is 0 Å². The number of benzene rings is 2. The van der Waals surface area contributed by atoms with Gasteiger partial charge in [0.25, 0.3) is 5.91 Å². The maximum atomic E-state index is 13.2. The molecule has 25 heavy (non-hydrogen) atoms. The van der Waals surface area contributed by atoms with Crippen molar-refractivity contribution >= 4 is 23.6 Å². The number of ether oxygens (including phenoxy) is 1. The van der Waals surface area contributed by atoms with E-state index in [0.29, 0.717) is 0 Å². The Kier molecular flexibility index (Phi) is 6.52. The van der Waals surface area contributed by atoms with E-state index in [4.69, 9.17) is 10.5 Å². The van der Waals surface area contributed by atoms with Crippen molar-refractivity contribution < 1.29 is 23.1 Å². The Labute approximate surface area is 148 Å². The van der Waals surface area contributed by atoms with Crippen LogP contribution in [-0.4, -0.2) is 23.7 Å². The maximum Gasteiger partial charge on any atom is 0.316 e. The number of halogens is 2. The Bertz CT molecular complexity index is 689. The molecule has 7 heteroatoms. The van der Waals surface area contributed by atoms with Crippen molar-refractivity contribution in [1.29, 1.82) is 0 Å². The smallest absolute Gasteiger partial charge is 0.316 e. The van der Waals surface area contributed by atoms with Crippen molar-refractivity contribution in [2.24, 2.45) is 5.73 Å². The molecule has 132 valence electrons. The van der Waals surface area contributed by atoms with Crippen LogP contribution in [0.5, 0.6) is 0 Å². The molecule has 0 saturated heterocycles. The Morgan fingerprint density at radius 1 is 1.00 bits per heavy atom. The van der Waals surface area contributed by atoms with Crippen molar-refractivity contribution in [3.63, 3.8) is 0 Å². The minimum atomic E-state index is -1.01. The molecule has 0 spiro atoms. The van der Waals surface area contributed by atoms with Gasteiger partial charge in [-0.05, 0) is 42.3 Å². The molecular weight excluding hydrogens is 348 g/mol. The summed E-state index contributed by atoms with van der Waals surface area (Å²) in [5.41, 5.74) is 6.57. The van der Waals surface area contributed by atoms with E-state index in [-0.39, 0.29) is 22.6 Å². The number of carbonyl (C=O) groups is 2. The third-order valence-corrected chi connectivity index (χ3v) is 4.70. The van der Waals surface area contributed by atoms with Crippen LogP contribution < -0.4 is 5.73 Å². The van der Waals surface area contributed by atoms with Crippen LogP contribution in [0.25, 0.3) is 0 Å². The number of amides is 1. The van der Waals surface area contributed by atoms with Gasteiger partial charge in [-0.3, -0.25) is 9.59 Å². The fourth-order valence-corrected chi connectivity index (χ4v) is 3.17. The van der Waals surface area contributed by atoms with E-state index in [1.165, 1.54) is 43.0 Å². The Morgan fingerprint density at radius 2 is 1.44 bits per heavy atom. The van der Waals surface area contributed by atoms with Gasteiger partial charge in [0.2, 0.25) is 0 Å². The molecule has 2 rings (SSSR count). The molecule has 2 aromatic rings. The molecular formula is C18H17F2NO3S. The first-order valence-electron chi connectivity index (χ1n) is 7.48. The summed E-state index contributed by atoms with van der Waals surface area (Å²) in [4.78, 5) is 22.8. The van der Waals surface area contributed by atoms with E-state index < -0.39 is 18.0 Å². The first kappa shape index (κ1) is 18.9. The SMILES string of the molecule is C[C@@H](OC(=O)CSC(c1ccc(F)cc1)c1ccc(F)cc1)C(N)=O. The first-order valence-corrected chi connectivity index (χ1v) is 8.53. The van der Waals surface area contributed by atoms with Crippen molar-refractivity contribution in [3.8, 4) is 0 Å². The van der Waals surface area contributed by atoms with Crippen LogP contribution in [0, 0.1) is 11.6 Å². The molecule has 0 bridgehead atoms. The third kappa shape index (κ3) is 5.56. The van der Waals surface area contributed by atoms with Crippen molar-refractivity contribution in [3.05, 3.63) is 71.3 Å². The minimum absolute atomic E-state index is 0.0446. The Balaban J connectivity index is 2.15. The second-order valence-electron chi connectivity index (χ2n) is 5.33. The quantitative estimate of drug-likeness (QED) is 0.765. The lowest BCUT2D eigenvalue weighted by molar-refractivity contribution is -0.151. The zero-order valence-corrected chi connectivity index (χ0v) is 14.3. The van der Waals surface area contributed by atoms with Crippen LogP contribution >= 0.6 is 11.8 Å². The number of esters is 1. The predicted molar refractivity (Wildman–Crippen MR) is 91.8 cm³/mol. The van der Waals surface area contributed by atoms with E-state index in [9.17, 15) is 18.4 Å². The summed E-state index contributed by atoms with van der Waals surface area (Å²) in [6.07, 6.45) is -1.01. The molecule has 0 aliphatic heterocycles. The standard InChI is InChI=1S/C18H17F2NO3S/c1-11(18(21)23)24-16(22)10-25-17(12-2-6-14(19)7-3-12)13-4-8-15(20)9-5-13/h2-9,11,17H,10H2,1H3,(H2,21,23)/t11-/m1/s1. The van der Waals surface area contributed by atoms with Gasteiger partial charge in [0, 0.05) is 0 Å². The molecule has 0 aliphatic rings. The molecule has 0 fully saturated rings. The molecule has 0 radical (unpaired) electrons. The van der Waals surface area contributed by atoms with Crippen molar-refractivity contribution in [2.45, 2.75) is 18.3 Å². The summed E-state index contributed by atoms with van der Waals surface area (Å²) in [6.45, 7) is 1.39. The summed E-state index contributed by atoms with van der Waals surface area (Å²) in [7, 11) is 0. The monoisotopic (exact) mass is 365 g/mol. The molecule has 4 nitrogen and oxygen atoms in total. The molecule has 0 aromatic heterocycles. The summed E-state index contributed by atoms with van der Waals surface area (Å²) in [5.74, 6) is -2.11. The normalized spacial score (nSPS) is 12.0. The lowest BCUT2D eigenvalue weighted by Gasteiger charge is -2.18. The topological polar surface area (TPSA) is 69.4 Å². The van der Waals surface area contributed by atoms with Gasteiger partial charge in [-0.1, -0.05) is 24.3 Å². The van der Waals surface area contributed by atoms with Crippen LogP contribution in [0.15, 0.2) is 48.5 Å². The highest BCUT2D eigenvalue weighted by atomic mass is 32.2. The third-order valence-electron chi connectivity index (χ3n) is 3.42. The van der Waals surface area contributed by atoms with E-state index >= 15 is 0 Å². The molecule has 1 amide bonds. The fourth-order valence-electron chi connectivity index (χ4n) is 2.10. The van der Waals surface area contributed by atoms with E-state index in [2.05, 4.69) is 0 Å². The van der Waals surface area contributed by atoms with Gasteiger partial charge in [0.05, 0.1) is 11.0 Å². The number of carbonyl (C=O) groups excluding carboxylic acids is 2. The van der Waals surface area contributed by atoms with E-state index in [1.54, 1.807) is 24.3 Å². The second kappa shape index (κ2) is 8.62. The predicted octanol–water partition coefficient (Wildman–Crippen LogP) is 3.20. The van der Waals surface area contributed by atoms with Gasteiger partial charge in [0.1, 0.15) is 11.6 Å². The van der Waals surface area contributed by atoms with E-state index in [0.717, 1.165) is 11.1 Å². The maximum absolute atomic E-state index is 13.2. The summed E-state index contributed by atoms with van der Waals surface area (Å²) in [5, 5.41) is -0.322. The average molecular weight is 365 g/mol. The fraction of sp³-hybridized carbons (Fsp3) is 0.222. The number of rotatable bonds is 7. The highest BCUT2D eigenvalue weighted by molar-refractivity contribution is 8.00. The zero-order chi connectivity index (χ0) is 18.4. The van der Waals surface area contributed by atoms with Gasteiger partial charge < -0.3 is 10.5 Å². The molecule has 0 aliphatic carbocycles.